The zero-order valence-corrected chi connectivity index (χ0v) is 17.0. The van der Waals surface area contributed by atoms with E-state index in [1.165, 1.54) is 37.8 Å². The van der Waals surface area contributed by atoms with Crippen molar-refractivity contribution in [2.75, 3.05) is 0 Å². The first kappa shape index (κ1) is 19.7. The fourth-order valence-corrected chi connectivity index (χ4v) is 4.96. The fraction of sp³-hybridized carbons (Fsp3) is 0.800. The van der Waals surface area contributed by atoms with E-state index >= 15 is 0 Å². The van der Waals surface area contributed by atoms with Crippen molar-refractivity contribution in [3.8, 4) is 0 Å². The topological polar surface area (TPSA) is 72.9 Å². The van der Waals surface area contributed by atoms with Gasteiger partial charge in [0.1, 0.15) is 5.69 Å². The molecule has 2 bridgehead atoms. The van der Waals surface area contributed by atoms with Crippen LogP contribution in [0.25, 0.3) is 0 Å². The summed E-state index contributed by atoms with van der Waals surface area (Å²) >= 11 is 0. The Labute approximate surface area is 162 Å². The first-order chi connectivity index (χ1) is 11.8. The second-order valence-corrected chi connectivity index (χ2v) is 9.49. The minimum Gasteiger partial charge on any atom is -0.347 e. The molecule has 4 rings (SSSR count). The summed E-state index contributed by atoms with van der Waals surface area (Å²) in [6, 6.07) is 2.62. The van der Waals surface area contributed by atoms with Crippen molar-refractivity contribution in [3.63, 3.8) is 0 Å². The number of amides is 1. The summed E-state index contributed by atoms with van der Waals surface area (Å²) < 4.78 is 2.07. The highest BCUT2D eigenvalue weighted by Crippen LogP contribution is 2.42. The van der Waals surface area contributed by atoms with Gasteiger partial charge in [-0.05, 0) is 77.2 Å². The molecule has 1 aromatic rings. The van der Waals surface area contributed by atoms with E-state index in [0.29, 0.717) is 29.5 Å². The zero-order chi connectivity index (χ0) is 17.8. The molecule has 146 valence electrons. The van der Waals surface area contributed by atoms with Crippen molar-refractivity contribution in [2.24, 2.45) is 17.6 Å². The van der Waals surface area contributed by atoms with Gasteiger partial charge in [-0.2, -0.15) is 5.10 Å². The van der Waals surface area contributed by atoms with E-state index in [4.69, 9.17) is 10.8 Å². The van der Waals surface area contributed by atoms with Crippen molar-refractivity contribution in [1.82, 2.24) is 15.1 Å². The van der Waals surface area contributed by atoms with E-state index in [9.17, 15) is 4.79 Å². The number of aromatic nitrogens is 2. The lowest BCUT2D eigenvalue weighted by molar-refractivity contribution is 0.0750. The van der Waals surface area contributed by atoms with Gasteiger partial charge in [0.05, 0.1) is 5.54 Å². The summed E-state index contributed by atoms with van der Waals surface area (Å²) in [5.41, 5.74) is 7.93. The number of halogens is 1. The monoisotopic (exact) mass is 380 g/mol. The molecule has 5 nitrogen and oxygen atoms in total. The average Bonchev–Trinajstić information content (AvgIpc) is 3.25. The van der Waals surface area contributed by atoms with E-state index in [-0.39, 0.29) is 29.9 Å². The molecule has 6 heteroatoms. The maximum Gasteiger partial charge on any atom is 0.272 e. The van der Waals surface area contributed by atoms with Crippen LogP contribution in [0.2, 0.25) is 0 Å². The Bertz CT molecular complexity index is 647. The molecule has 0 spiro atoms. The lowest BCUT2D eigenvalue weighted by atomic mass is 9.67. The Morgan fingerprint density at radius 1 is 1.19 bits per heavy atom. The molecular formula is C20H33ClN4O. The Hall–Kier alpha value is -1.07. The van der Waals surface area contributed by atoms with Gasteiger partial charge >= 0.3 is 0 Å². The number of nitrogens with two attached hydrogens (primary N) is 1. The lowest BCUT2D eigenvalue weighted by Gasteiger charge is -2.45. The Morgan fingerprint density at radius 3 is 2.35 bits per heavy atom. The third kappa shape index (κ3) is 3.79. The molecule has 1 amide bonds. The predicted molar refractivity (Wildman–Crippen MR) is 106 cm³/mol. The van der Waals surface area contributed by atoms with Crippen LogP contribution >= 0.6 is 12.4 Å². The van der Waals surface area contributed by atoms with Gasteiger partial charge in [-0.25, -0.2) is 0 Å². The normalized spacial score (nSPS) is 31.2. The van der Waals surface area contributed by atoms with Gasteiger partial charge in [0.25, 0.3) is 5.91 Å². The molecule has 1 aromatic heterocycles. The second-order valence-electron chi connectivity index (χ2n) is 9.49. The maximum atomic E-state index is 12.9. The molecule has 1 heterocycles. The summed E-state index contributed by atoms with van der Waals surface area (Å²) in [6.07, 6.45) is 8.19. The van der Waals surface area contributed by atoms with Crippen LogP contribution in [0, 0.1) is 11.8 Å². The summed E-state index contributed by atoms with van der Waals surface area (Å²) in [5.74, 6) is 1.67. The molecular weight excluding hydrogens is 348 g/mol. The van der Waals surface area contributed by atoms with E-state index in [1.54, 1.807) is 0 Å². The number of rotatable bonds is 3. The highest BCUT2D eigenvalue weighted by molar-refractivity contribution is 5.92. The summed E-state index contributed by atoms with van der Waals surface area (Å²) in [4.78, 5) is 12.9. The highest BCUT2D eigenvalue weighted by atomic mass is 35.5. The Kier molecular flexibility index (Phi) is 5.42. The van der Waals surface area contributed by atoms with Crippen LogP contribution in [0.5, 0.6) is 0 Å². The van der Waals surface area contributed by atoms with Crippen molar-refractivity contribution >= 4 is 18.3 Å². The molecule has 0 radical (unpaired) electrons. The summed E-state index contributed by atoms with van der Waals surface area (Å²) in [5, 5.41) is 8.04. The first-order valence-corrected chi connectivity index (χ1v) is 10.00. The number of nitrogens with one attached hydrogen (secondary N) is 1. The quantitative estimate of drug-likeness (QED) is 0.841. The molecule has 0 aromatic carbocycles. The zero-order valence-electron chi connectivity index (χ0n) is 16.2. The fourth-order valence-electron chi connectivity index (χ4n) is 4.96. The predicted octanol–water partition coefficient (Wildman–Crippen LogP) is 3.57. The van der Waals surface area contributed by atoms with E-state index in [0.717, 1.165) is 12.8 Å². The van der Waals surface area contributed by atoms with Crippen LogP contribution < -0.4 is 11.1 Å². The lowest BCUT2D eigenvalue weighted by Crippen LogP contribution is -2.53. The van der Waals surface area contributed by atoms with Crippen molar-refractivity contribution in [2.45, 2.75) is 89.3 Å². The molecule has 0 aliphatic heterocycles. The SMILES string of the molecule is CC(C)(C)n1nc(C(=O)NC2C3CCCC2CC(N)C3)cc1C1CC1.Cl. The molecule has 3 fully saturated rings. The molecule has 3 aliphatic carbocycles. The summed E-state index contributed by atoms with van der Waals surface area (Å²) in [7, 11) is 0. The largest absolute Gasteiger partial charge is 0.347 e. The number of carbonyl (C=O) groups excluding carboxylic acids is 1. The minimum atomic E-state index is -0.0927. The Balaban J connectivity index is 0.00000196. The van der Waals surface area contributed by atoms with E-state index in [2.05, 4.69) is 30.8 Å². The Morgan fingerprint density at radius 2 is 1.81 bits per heavy atom. The minimum absolute atomic E-state index is 0. The third-order valence-electron chi connectivity index (χ3n) is 6.27. The maximum absolute atomic E-state index is 12.9. The highest BCUT2D eigenvalue weighted by Gasteiger charge is 2.40. The number of hydrogen-bond donors (Lipinski definition) is 2. The number of hydrogen-bond acceptors (Lipinski definition) is 3. The van der Waals surface area contributed by atoms with Gasteiger partial charge in [0, 0.05) is 23.7 Å². The van der Waals surface area contributed by atoms with Gasteiger partial charge < -0.3 is 11.1 Å². The second kappa shape index (κ2) is 7.16. The molecule has 2 atom stereocenters. The third-order valence-corrected chi connectivity index (χ3v) is 6.27. The van der Waals surface area contributed by atoms with E-state index < -0.39 is 0 Å². The van der Waals surface area contributed by atoms with Crippen molar-refractivity contribution < 1.29 is 4.79 Å². The molecule has 2 unspecified atom stereocenters. The van der Waals surface area contributed by atoms with Gasteiger partial charge in [-0.3, -0.25) is 9.48 Å². The first-order valence-electron chi connectivity index (χ1n) is 10.00. The number of fused-ring (bicyclic) bond motifs is 2. The average molecular weight is 381 g/mol. The van der Waals surface area contributed by atoms with Crippen molar-refractivity contribution in [1.29, 1.82) is 0 Å². The van der Waals surface area contributed by atoms with Crippen LogP contribution in [-0.2, 0) is 5.54 Å². The van der Waals surface area contributed by atoms with E-state index in [1.807, 2.05) is 6.07 Å². The van der Waals surface area contributed by atoms with Gasteiger partial charge in [0.2, 0.25) is 0 Å². The van der Waals surface area contributed by atoms with Crippen LogP contribution in [0.3, 0.4) is 0 Å². The molecule has 3 saturated carbocycles. The molecule has 3 aliphatic rings. The molecule has 0 saturated heterocycles. The molecule has 26 heavy (non-hydrogen) atoms. The van der Waals surface area contributed by atoms with Crippen LogP contribution in [0.15, 0.2) is 6.07 Å². The number of carbonyl (C=O) groups is 1. The standard InChI is InChI=1S/C20H32N4O.ClH/c1-20(2,3)24-17(12-7-8-12)11-16(23-24)19(25)22-18-13-5-4-6-14(18)10-15(21)9-13;/h11-15,18H,4-10,21H2,1-3H3,(H,22,25);1H. The van der Waals surface area contributed by atoms with Crippen LogP contribution in [-0.4, -0.2) is 27.8 Å². The van der Waals surface area contributed by atoms with Gasteiger partial charge in [-0.1, -0.05) is 6.42 Å². The van der Waals surface area contributed by atoms with Crippen LogP contribution in [0.1, 0.15) is 87.8 Å². The van der Waals surface area contributed by atoms with Crippen molar-refractivity contribution in [3.05, 3.63) is 17.5 Å². The van der Waals surface area contributed by atoms with Gasteiger partial charge in [-0.15, -0.1) is 12.4 Å². The smallest absolute Gasteiger partial charge is 0.272 e. The van der Waals surface area contributed by atoms with Gasteiger partial charge in [0.15, 0.2) is 0 Å². The number of nitrogens with zero attached hydrogens (tertiary/aromatic N) is 2. The molecule has 3 N–H and O–H groups in total. The summed E-state index contributed by atoms with van der Waals surface area (Å²) in [6.45, 7) is 6.46. The van der Waals surface area contributed by atoms with Crippen LogP contribution in [0.4, 0.5) is 0 Å².